The number of pyridine rings is 2. The molecule has 0 aliphatic heterocycles. The minimum absolute atomic E-state index is 0.0200. The number of aromatic amines is 1. The monoisotopic (exact) mass is 418 g/mol. The first-order valence-electron chi connectivity index (χ1n) is 9.62. The van der Waals surface area contributed by atoms with E-state index in [-0.39, 0.29) is 12.8 Å². The van der Waals surface area contributed by atoms with Crippen molar-refractivity contribution in [1.29, 1.82) is 0 Å². The van der Waals surface area contributed by atoms with Crippen molar-refractivity contribution in [3.05, 3.63) is 66.5 Å². The number of rotatable bonds is 5. The van der Waals surface area contributed by atoms with Crippen molar-refractivity contribution in [2.45, 2.75) is 13.1 Å². The Balaban J connectivity index is 1.62. The van der Waals surface area contributed by atoms with Crippen molar-refractivity contribution in [1.82, 2.24) is 19.9 Å². The molecule has 0 spiro atoms. The molecule has 1 unspecified atom stereocenters. The number of H-pyrrole nitrogens is 1. The lowest BCUT2D eigenvalue weighted by Gasteiger charge is -2.10. The van der Waals surface area contributed by atoms with Gasteiger partial charge >= 0.3 is 7.60 Å². The van der Waals surface area contributed by atoms with E-state index in [1.807, 2.05) is 48.5 Å². The molecule has 0 aliphatic rings. The molecule has 8 heteroatoms. The second-order valence-corrected chi connectivity index (χ2v) is 8.87. The van der Waals surface area contributed by atoms with Gasteiger partial charge in [0.2, 0.25) is 0 Å². The zero-order valence-corrected chi connectivity index (χ0v) is 17.1. The molecule has 2 N–H and O–H groups in total. The van der Waals surface area contributed by atoms with Crippen LogP contribution in [0.25, 0.3) is 44.2 Å². The summed E-state index contributed by atoms with van der Waals surface area (Å²) in [7, 11) is -3.62. The first kappa shape index (κ1) is 18.9. The maximum Gasteiger partial charge on any atom is 0.332 e. The molecule has 3 heterocycles. The Morgan fingerprint density at radius 3 is 2.33 bits per heavy atom. The number of hydrogen-bond acceptors (Lipinski definition) is 5. The van der Waals surface area contributed by atoms with Crippen LogP contribution in [-0.2, 0) is 15.3 Å². The molecule has 0 saturated heterocycles. The molecule has 0 amide bonds. The van der Waals surface area contributed by atoms with Crippen LogP contribution in [0.3, 0.4) is 0 Å². The van der Waals surface area contributed by atoms with Gasteiger partial charge < -0.3 is 14.4 Å². The summed E-state index contributed by atoms with van der Waals surface area (Å²) in [6.45, 7) is 1.91. The fourth-order valence-corrected chi connectivity index (χ4v) is 4.89. The van der Waals surface area contributed by atoms with Gasteiger partial charge in [0.05, 0.1) is 34.8 Å². The van der Waals surface area contributed by atoms with Crippen LogP contribution in [0.2, 0.25) is 0 Å². The fraction of sp³-hybridized carbons (Fsp3) is 0.136. The van der Waals surface area contributed by atoms with Crippen LogP contribution in [0.5, 0.6) is 0 Å². The van der Waals surface area contributed by atoms with Gasteiger partial charge in [0.1, 0.15) is 5.82 Å². The van der Waals surface area contributed by atoms with Gasteiger partial charge in [0.25, 0.3) is 0 Å². The molecule has 2 aromatic carbocycles. The van der Waals surface area contributed by atoms with Gasteiger partial charge in [-0.05, 0) is 36.8 Å². The highest BCUT2D eigenvalue weighted by Gasteiger charge is 2.19. The molecule has 5 rings (SSSR count). The van der Waals surface area contributed by atoms with E-state index in [1.165, 1.54) is 0 Å². The quantitative estimate of drug-likeness (QED) is 0.306. The van der Waals surface area contributed by atoms with Gasteiger partial charge in [-0.2, -0.15) is 0 Å². The third kappa shape index (κ3) is 3.27. The van der Waals surface area contributed by atoms with Crippen LogP contribution in [-0.4, -0.2) is 31.4 Å². The summed E-state index contributed by atoms with van der Waals surface area (Å²) in [5.41, 5.74) is 5.03. The van der Waals surface area contributed by atoms with Crippen LogP contribution in [0.4, 0.5) is 0 Å². The van der Waals surface area contributed by atoms with Gasteiger partial charge in [-0.15, -0.1) is 0 Å². The number of benzene rings is 2. The summed E-state index contributed by atoms with van der Waals surface area (Å²) in [5.74, 6) is 0.718. The fourth-order valence-electron chi connectivity index (χ4n) is 3.73. The molecule has 0 saturated carbocycles. The Kier molecular flexibility index (Phi) is 4.59. The second kappa shape index (κ2) is 7.29. The van der Waals surface area contributed by atoms with E-state index in [4.69, 9.17) is 9.51 Å². The van der Waals surface area contributed by atoms with Gasteiger partial charge in [-0.1, -0.05) is 24.3 Å². The first-order valence-corrected chi connectivity index (χ1v) is 11.4. The van der Waals surface area contributed by atoms with Crippen molar-refractivity contribution in [3.8, 4) is 11.4 Å². The Morgan fingerprint density at radius 2 is 1.63 bits per heavy atom. The highest BCUT2D eigenvalue weighted by atomic mass is 31.2. The van der Waals surface area contributed by atoms with Crippen LogP contribution in [0, 0.1) is 0 Å². The zero-order valence-electron chi connectivity index (χ0n) is 16.2. The third-order valence-corrected chi connectivity index (χ3v) is 6.44. The SMILES string of the molecule is CCOP(=O)(O)Cc1ccc(-c2nc3c4cccnc4c4ncccc4c3[nH]2)cc1. The van der Waals surface area contributed by atoms with Crippen molar-refractivity contribution in [2.75, 3.05) is 6.61 Å². The molecular formula is C22H19N4O3P. The van der Waals surface area contributed by atoms with Crippen LogP contribution in [0.15, 0.2) is 60.9 Å². The summed E-state index contributed by atoms with van der Waals surface area (Å²) >= 11 is 0. The van der Waals surface area contributed by atoms with E-state index in [0.29, 0.717) is 0 Å². The second-order valence-electron chi connectivity index (χ2n) is 7.02. The summed E-state index contributed by atoms with van der Waals surface area (Å²) in [6, 6.07) is 15.2. The average Bonchev–Trinajstić information content (AvgIpc) is 3.20. The number of imidazole rings is 1. The standard InChI is InChI=1S/C22H19N4O3P/c1-2-29-30(27,28)13-14-7-9-15(10-8-14)22-25-20-16-5-3-11-23-18(16)19-17(21(20)26-22)6-4-12-24-19/h3-12H,2,13H2,1H3,(H,25,26)(H,27,28). The van der Waals surface area contributed by atoms with E-state index in [0.717, 1.165) is 49.8 Å². The summed E-state index contributed by atoms with van der Waals surface area (Å²) < 4.78 is 17.0. The third-order valence-electron chi connectivity index (χ3n) is 5.01. The van der Waals surface area contributed by atoms with Crippen LogP contribution >= 0.6 is 7.60 Å². The first-order chi connectivity index (χ1) is 14.6. The van der Waals surface area contributed by atoms with Crippen molar-refractivity contribution >= 4 is 40.4 Å². The number of nitrogens with one attached hydrogen (secondary N) is 1. The maximum atomic E-state index is 12.0. The van der Waals surface area contributed by atoms with Crippen molar-refractivity contribution in [2.24, 2.45) is 0 Å². The summed E-state index contributed by atoms with van der Waals surface area (Å²) in [4.78, 5) is 27.2. The molecule has 0 bridgehead atoms. The number of fused-ring (bicyclic) bond motifs is 6. The predicted octanol–water partition coefficient (Wildman–Crippen LogP) is 5.05. The molecule has 0 fully saturated rings. The predicted molar refractivity (Wildman–Crippen MR) is 117 cm³/mol. The Bertz CT molecular complexity index is 1360. The number of hydrogen-bond donors (Lipinski definition) is 2. The molecule has 7 nitrogen and oxygen atoms in total. The van der Waals surface area contributed by atoms with Crippen molar-refractivity contribution < 1.29 is 14.0 Å². The lowest BCUT2D eigenvalue weighted by atomic mass is 10.1. The summed E-state index contributed by atoms with van der Waals surface area (Å²) in [5, 5.41) is 1.91. The lowest BCUT2D eigenvalue weighted by Crippen LogP contribution is -1.93. The molecule has 5 aromatic rings. The molecule has 150 valence electrons. The average molecular weight is 418 g/mol. The van der Waals surface area contributed by atoms with Gasteiger partial charge in [-0.25, -0.2) is 4.98 Å². The Morgan fingerprint density at radius 1 is 0.967 bits per heavy atom. The topological polar surface area (TPSA) is 101 Å². The molecule has 0 radical (unpaired) electrons. The minimum Gasteiger partial charge on any atom is -0.337 e. The minimum atomic E-state index is -3.62. The van der Waals surface area contributed by atoms with Gasteiger partial charge in [-0.3, -0.25) is 14.5 Å². The van der Waals surface area contributed by atoms with E-state index in [1.54, 1.807) is 19.3 Å². The van der Waals surface area contributed by atoms with Gasteiger partial charge in [0.15, 0.2) is 0 Å². The zero-order chi connectivity index (χ0) is 20.7. The van der Waals surface area contributed by atoms with Crippen LogP contribution in [0.1, 0.15) is 12.5 Å². The highest BCUT2D eigenvalue weighted by molar-refractivity contribution is 7.51. The summed E-state index contributed by atoms with van der Waals surface area (Å²) in [6.07, 6.45) is 3.50. The maximum absolute atomic E-state index is 12.0. The largest absolute Gasteiger partial charge is 0.337 e. The highest BCUT2D eigenvalue weighted by Crippen LogP contribution is 2.45. The van der Waals surface area contributed by atoms with E-state index < -0.39 is 7.60 Å². The Labute approximate surface area is 172 Å². The van der Waals surface area contributed by atoms with Crippen LogP contribution < -0.4 is 0 Å². The number of aromatic nitrogens is 4. The van der Waals surface area contributed by atoms with E-state index in [9.17, 15) is 9.46 Å². The van der Waals surface area contributed by atoms with Gasteiger partial charge in [0, 0.05) is 28.7 Å². The molecule has 1 atom stereocenters. The molecule has 0 aliphatic carbocycles. The van der Waals surface area contributed by atoms with Crippen molar-refractivity contribution in [3.63, 3.8) is 0 Å². The lowest BCUT2D eigenvalue weighted by molar-refractivity contribution is 0.272. The molecular weight excluding hydrogens is 399 g/mol. The Hall–Kier alpha value is -3.12. The van der Waals surface area contributed by atoms with E-state index in [2.05, 4.69) is 15.0 Å². The van der Waals surface area contributed by atoms with E-state index >= 15 is 0 Å². The normalized spacial score (nSPS) is 13.8. The smallest absolute Gasteiger partial charge is 0.332 e. The molecule has 30 heavy (non-hydrogen) atoms. The number of nitrogens with zero attached hydrogens (tertiary/aromatic N) is 3. The molecule has 3 aromatic heterocycles.